The van der Waals surface area contributed by atoms with Crippen LogP contribution in [-0.4, -0.2) is 36.9 Å². The van der Waals surface area contributed by atoms with Gasteiger partial charge in [0.15, 0.2) is 11.6 Å². The van der Waals surface area contributed by atoms with E-state index in [0.29, 0.717) is 12.1 Å². The summed E-state index contributed by atoms with van der Waals surface area (Å²) in [6, 6.07) is 5.32. The van der Waals surface area contributed by atoms with Gasteiger partial charge in [0.05, 0.1) is 18.0 Å². The van der Waals surface area contributed by atoms with Crippen LogP contribution in [-0.2, 0) is 16.2 Å². The molecule has 2 aromatic rings. The van der Waals surface area contributed by atoms with E-state index in [4.69, 9.17) is 4.74 Å². The lowest BCUT2D eigenvalue weighted by Gasteiger charge is -2.37. The van der Waals surface area contributed by atoms with Crippen LogP contribution >= 0.6 is 0 Å². The van der Waals surface area contributed by atoms with Gasteiger partial charge in [0.1, 0.15) is 11.8 Å². The van der Waals surface area contributed by atoms with Gasteiger partial charge in [0.2, 0.25) is 15.9 Å². The standard InChI is InChI=1S/C15H11F5N2O3S/c16-11-5-4-10(6-12(11)17)26(23,24)22-7-9(8-22)25-14-3-1-2-13(21-14)15(18,19)20/h1-6,9H,7-8H2. The van der Waals surface area contributed by atoms with Gasteiger partial charge >= 0.3 is 6.18 Å². The molecule has 0 radical (unpaired) electrons. The monoisotopic (exact) mass is 394 g/mol. The number of nitrogens with zero attached hydrogens (tertiary/aromatic N) is 2. The van der Waals surface area contributed by atoms with Crippen molar-refractivity contribution < 1.29 is 35.1 Å². The third-order valence-corrected chi connectivity index (χ3v) is 5.47. The Balaban J connectivity index is 1.66. The molecule has 1 aromatic heterocycles. The highest BCUT2D eigenvalue weighted by atomic mass is 32.2. The van der Waals surface area contributed by atoms with Crippen molar-refractivity contribution >= 4 is 10.0 Å². The van der Waals surface area contributed by atoms with E-state index in [1.54, 1.807) is 0 Å². The smallest absolute Gasteiger partial charge is 0.433 e. The molecule has 0 unspecified atom stereocenters. The van der Waals surface area contributed by atoms with Crippen LogP contribution in [0.3, 0.4) is 0 Å². The molecule has 0 aliphatic carbocycles. The Bertz CT molecular complexity index is 927. The molecule has 0 amide bonds. The highest BCUT2D eigenvalue weighted by molar-refractivity contribution is 7.89. The minimum atomic E-state index is -4.62. The summed E-state index contributed by atoms with van der Waals surface area (Å²) in [5.41, 5.74) is -1.12. The maximum Gasteiger partial charge on any atom is 0.433 e. The summed E-state index contributed by atoms with van der Waals surface area (Å²) in [5, 5.41) is 0. The van der Waals surface area contributed by atoms with E-state index in [2.05, 4.69) is 4.98 Å². The van der Waals surface area contributed by atoms with E-state index in [9.17, 15) is 30.4 Å². The first-order valence-electron chi connectivity index (χ1n) is 7.23. The summed E-state index contributed by atoms with van der Waals surface area (Å²) < 4.78 is 94.7. The Morgan fingerprint density at radius 3 is 2.38 bits per heavy atom. The molecule has 0 N–H and O–H groups in total. The van der Waals surface area contributed by atoms with Crippen LogP contribution in [0.25, 0.3) is 0 Å². The van der Waals surface area contributed by atoms with Crippen molar-refractivity contribution in [2.24, 2.45) is 0 Å². The highest BCUT2D eigenvalue weighted by Crippen LogP contribution is 2.30. The zero-order chi connectivity index (χ0) is 19.1. The van der Waals surface area contributed by atoms with E-state index in [1.807, 2.05) is 0 Å². The molecule has 1 fully saturated rings. The van der Waals surface area contributed by atoms with Crippen LogP contribution in [0.2, 0.25) is 0 Å². The Morgan fingerprint density at radius 2 is 1.77 bits per heavy atom. The zero-order valence-electron chi connectivity index (χ0n) is 12.9. The molecule has 0 spiro atoms. The molecule has 1 aliphatic heterocycles. The van der Waals surface area contributed by atoms with Crippen molar-refractivity contribution in [3.05, 3.63) is 53.7 Å². The predicted molar refractivity (Wildman–Crippen MR) is 78.8 cm³/mol. The zero-order valence-corrected chi connectivity index (χ0v) is 13.7. The fourth-order valence-corrected chi connectivity index (χ4v) is 3.78. The summed E-state index contributed by atoms with van der Waals surface area (Å²) in [5.74, 6) is -2.76. The fourth-order valence-electron chi connectivity index (χ4n) is 2.27. The van der Waals surface area contributed by atoms with Crippen molar-refractivity contribution in [1.29, 1.82) is 0 Å². The second kappa shape index (κ2) is 6.47. The second-order valence-electron chi connectivity index (χ2n) is 5.50. The Labute approximate surface area is 145 Å². The normalized spacial score (nSPS) is 16.3. The topological polar surface area (TPSA) is 59.5 Å². The Morgan fingerprint density at radius 1 is 1.08 bits per heavy atom. The fraction of sp³-hybridized carbons (Fsp3) is 0.267. The van der Waals surface area contributed by atoms with Gasteiger partial charge in [-0.3, -0.25) is 0 Å². The maximum atomic E-state index is 13.2. The minimum absolute atomic E-state index is 0.154. The summed E-state index contributed by atoms with van der Waals surface area (Å²) in [6.45, 7) is -0.307. The maximum absolute atomic E-state index is 13.2. The molecule has 0 atom stereocenters. The lowest BCUT2D eigenvalue weighted by Crippen LogP contribution is -2.56. The summed E-state index contributed by atoms with van der Waals surface area (Å²) in [4.78, 5) is 2.90. The van der Waals surface area contributed by atoms with Gasteiger partial charge in [-0.05, 0) is 24.3 Å². The van der Waals surface area contributed by atoms with Crippen LogP contribution < -0.4 is 4.74 Å². The summed E-state index contributed by atoms with van der Waals surface area (Å²) in [6.07, 6.45) is -5.33. The average Bonchev–Trinajstić information content (AvgIpc) is 2.52. The second-order valence-corrected chi connectivity index (χ2v) is 7.43. The molecule has 140 valence electrons. The van der Waals surface area contributed by atoms with Crippen LogP contribution in [0.5, 0.6) is 5.88 Å². The van der Waals surface area contributed by atoms with Crippen LogP contribution in [0, 0.1) is 11.6 Å². The van der Waals surface area contributed by atoms with Gasteiger partial charge in [-0.25, -0.2) is 22.2 Å². The number of rotatable bonds is 4. The molecule has 0 bridgehead atoms. The molecule has 1 saturated heterocycles. The van der Waals surface area contributed by atoms with Crippen molar-refractivity contribution in [3.63, 3.8) is 0 Å². The first kappa shape index (κ1) is 18.5. The largest absolute Gasteiger partial charge is 0.472 e. The molecule has 5 nitrogen and oxygen atoms in total. The molecule has 1 aliphatic rings. The molecule has 2 heterocycles. The van der Waals surface area contributed by atoms with E-state index >= 15 is 0 Å². The molecule has 0 saturated carbocycles. The molecule has 1 aromatic carbocycles. The Hall–Kier alpha value is -2.27. The number of hydrogen-bond acceptors (Lipinski definition) is 4. The first-order chi connectivity index (χ1) is 12.1. The first-order valence-corrected chi connectivity index (χ1v) is 8.67. The molecular formula is C15H11F5N2O3S. The summed E-state index contributed by atoms with van der Waals surface area (Å²) in [7, 11) is -4.05. The Kier molecular flexibility index (Phi) is 4.61. The van der Waals surface area contributed by atoms with Gasteiger partial charge < -0.3 is 4.74 Å². The van der Waals surface area contributed by atoms with Gasteiger partial charge in [0, 0.05) is 6.07 Å². The lowest BCUT2D eigenvalue weighted by molar-refractivity contribution is -0.141. The van der Waals surface area contributed by atoms with Crippen molar-refractivity contribution in [1.82, 2.24) is 9.29 Å². The van der Waals surface area contributed by atoms with Crippen LogP contribution in [0.15, 0.2) is 41.3 Å². The number of hydrogen-bond donors (Lipinski definition) is 0. The number of alkyl halides is 3. The third kappa shape index (κ3) is 3.63. The van der Waals surface area contributed by atoms with E-state index in [0.717, 1.165) is 22.5 Å². The number of halogens is 5. The van der Waals surface area contributed by atoms with Crippen molar-refractivity contribution in [2.45, 2.75) is 17.2 Å². The average molecular weight is 394 g/mol. The van der Waals surface area contributed by atoms with Crippen LogP contribution in [0.1, 0.15) is 5.69 Å². The predicted octanol–water partition coefficient (Wildman–Crippen LogP) is 2.83. The van der Waals surface area contributed by atoms with Gasteiger partial charge in [0.25, 0.3) is 0 Å². The van der Waals surface area contributed by atoms with Gasteiger partial charge in [-0.1, -0.05) is 6.07 Å². The minimum Gasteiger partial charge on any atom is -0.472 e. The number of sulfonamides is 1. The molecular weight excluding hydrogens is 383 g/mol. The van der Waals surface area contributed by atoms with Gasteiger partial charge in [-0.2, -0.15) is 17.5 Å². The number of aromatic nitrogens is 1. The SMILES string of the molecule is O=S(=O)(c1ccc(F)c(F)c1)N1CC(Oc2cccc(C(F)(F)F)n2)C1. The third-order valence-electron chi connectivity index (χ3n) is 3.64. The highest BCUT2D eigenvalue weighted by Gasteiger charge is 2.39. The van der Waals surface area contributed by atoms with E-state index < -0.39 is 44.5 Å². The quantitative estimate of drug-likeness (QED) is 0.749. The van der Waals surface area contributed by atoms with E-state index in [1.165, 1.54) is 6.07 Å². The van der Waals surface area contributed by atoms with Crippen molar-refractivity contribution in [2.75, 3.05) is 13.1 Å². The molecule has 3 rings (SSSR count). The number of ether oxygens (including phenoxy) is 1. The number of pyridine rings is 1. The lowest BCUT2D eigenvalue weighted by atomic mass is 10.2. The van der Waals surface area contributed by atoms with Gasteiger partial charge in [-0.15, -0.1) is 0 Å². The van der Waals surface area contributed by atoms with Crippen molar-refractivity contribution in [3.8, 4) is 5.88 Å². The molecule has 26 heavy (non-hydrogen) atoms. The molecule has 11 heteroatoms. The number of benzene rings is 1. The van der Waals surface area contributed by atoms with E-state index in [-0.39, 0.29) is 19.0 Å². The summed E-state index contributed by atoms with van der Waals surface area (Å²) >= 11 is 0. The van der Waals surface area contributed by atoms with Crippen LogP contribution in [0.4, 0.5) is 22.0 Å².